The number of anilines is 1. The number of aromatic nitrogens is 2. The minimum Gasteiger partial charge on any atom is -0.320 e. The smallest absolute Gasteiger partial charge is 0.277 e. The van der Waals surface area contributed by atoms with Crippen LogP contribution < -0.4 is 5.32 Å². The second kappa shape index (κ2) is 5.45. The summed E-state index contributed by atoms with van der Waals surface area (Å²) < 4.78 is 1.64. The molecule has 5 heteroatoms. The van der Waals surface area contributed by atoms with E-state index in [4.69, 9.17) is 11.6 Å². The van der Waals surface area contributed by atoms with Gasteiger partial charge in [-0.05, 0) is 32.4 Å². The predicted molar refractivity (Wildman–Crippen MR) is 76.8 cm³/mol. The number of hydrogen-bond donors (Lipinski definition) is 1. The van der Waals surface area contributed by atoms with E-state index in [1.807, 2.05) is 39.0 Å². The van der Waals surface area contributed by atoms with E-state index in [2.05, 4.69) is 10.4 Å². The molecule has 0 bridgehead atoms. The number of carbonyl (C=O) groups is 1. The number of halogens is 1. The van der Waals surface area contributed by atoms with Crippen LogP contribution in [0.25, 0.3) is 0 Å². The molecule has 0 fully saturated rings. The Kier molecular flexibility index (Phi) is 3.90. The van der Waals surface area contributed by atoms with Gasteiger partial charge >= 0.3 is 0 Å². The molecule has 2 aromatic rings. The SMILES string of the molecule is CCn1cc(Cl)c(C(=O)Nc2ccc(C)cc2C)n1. The van der Waals surface area contributed by atoms with Gasteiger partial charge in [0.2, 0.25) is 0 Å². The molecular formula is C14H16ClN3O. The highest BCUT2D eigenvalue weighted by atomic mass is 35.5. The van der Waals surface area contributed by atoms with E-state index >= 15 is 0 Å². The van der Waals surface area contributed by atoms with Crippen molar-refractivity contribution >= 4 is 23.2 Å². The number of hydrogen-bond acceptors (Lipinski definition) is 2. The van der Waals surface area contributed by atoms with E-state index in [1.54, 1.807) is 10.9 Å². The second-order valence-electron chi connectivity index (χ2n) is 4.45. The molecule has 0 aliphatic heterocycles. The summed E-state index contributed by atoms with van der Waals surface area (Å²) in [4.78, 5) is 12.1. The summed E-state index contributed by atoms with van der Waals surface area (Å²) >= 11 is 6.01. The normalized spacial score (nSPS) is 10.5. The number of amides is 1. The van der Waals surface area contributed by atoms with E-state index in [0.29, 0.717) is 11.6 Å². The molecule has 1 amide bonds. The Morgan fingerprint density at radius 2 is 2.16 bits per heavy atom. The lowest BCUT2D eigenvalue weighted by Crippen LogP contribution is -2.14. The van der Waals surface area contributed by atoms with Gasteiger partial charge < -0.3 is 5.32 Å². The van der Waals surface area contributed by atoms with Crippen molar-refractivity contribution in [1.82, 2.24) is 9.78 Å². The first kappa shape index (κ1) is 13.6. The topological polar surface area (TPSA) is 46.9 Å². The molecule has 4 nitrogen and oxygen atoms in total. The Bertz CT molecular complexity index is 619. The molecule has 100 valence electrons. The van der Waals surface area contributed by atoms with Crippen molar-refractivity contribution in [3.05, 3.63) is 46.2 Å². The van der Waals surface area contributed by atoms with Crippen LogP contribution in [-0.2, 0) is 6.54 Å². The zero-order valence-corrected chi connectivity index (χ0v) is 12.0. The molecule has 2 rings (SSSR count). The molecule has 0 aliphatic carbocycles. The van der Waals surface area contributed by atoms with Crippen LogP contribution in [-0.4, -0.2) is 15.7 Å². The van der Waals surface area contributed by atoms with Crippen molar-refractivity contribution in [2.75, 3.05) is 5.32 Å². The van der Waals surface area contributed by atoms with Gasteiger partial charge in [0, 0.05) is 18.4 Å². The summed E-state index contributed by atoms with van der Waals surface area (Å²) in [6.45, 7) is 6.58. The Labute approximate surface area is 117 Å². The van der Waals surface area contributed by atoms with Crippen LogP contribution in [0.5, 0.6) is 0 Å². The van der Waals surface area contributed by atoms with E-state index < -0.39 is 0 Å². The third kappa shape index (κ3) is 2.96. The second-order valence-corrected chi connectivity index (χ2v) is 4.86. The molecule has 0 saturated carbocycles. The minimum atomic E-state index is -0.288. The maximum absolute atomic E-state index is 12.1. The summed E-state index contributed by atoms with van der Waals surface area (Å²) in [5.41, 5.74) is 3.20. The summed E-state index contributed by atoms with van der Waals surface area (Å²) in [6, 6.07) is 5.85. The van der Waals surface area contributed by atoms with Crippen LogP contribution in [0.1, 0.15) is 28.5 Å². The Balaban J connectivity index is 2.23. The van der Waals surface area contributed by atoms with Gasteiger partial charge in [0.15, 0.2) is 5.69 Å². The quantitative estimate of drug-likeness (QED) is 0.934. The monoisotopic (exact) mass is 277 g/mol. The van der Waals surface area contributed by atoms with Crippen LogP contribution in [0.2, 0.25) is 5.02 Å². The van der Waals surface area contributed by atoms with Gasteiger partial charge in [0.1, 0.15) is 0 Å². The van der Waals surface area contributed by atoms with E-state index in [0.717, 1.165) is 16.8 Å². The highest BCUT2D eigenvalue weighted by Gasteiger charge is 2.16. The molecule has 1 heterocycles. The Hall–Kier alpha value is -1.81. The number of rotatable bonds is 3. The van der Waals surface area contributed by atoms with Crippen LogP contribution in [0, 0.1) is 13.8 Å². The average molecular weight is 278 g/mol. The van der Waals surface area contributed by atoms with Crippen LogP contribution in [0.3, 0.4) is 0 Å². The van der Waals surface area contributed by atoms with Gasteiger partial charge in [-0.1, -0.05) is 29.3 Å². The summed E-state index contributed by atoms with van der Waals surface area (Å²) in [5, 5.41) is 7.34. The van der Waals surface area contributed by atoms with Gasteiger partial charge in [-0.25, -0.2) is 0 Å². The molecule has 0 saturated heterocycles. The Morgan fingerprint density at radius 3 is 2.74 bits per heavy atom. The minimum absolute atomic E-state index is 0.253. The van der Waals surface area contributed by atoms with Crippen LogP contribution in [0.15, 0.2) is 24.4 Å². The highest BCUT2D eigenvalue weighted by Crippen LogP contribution is 2.19. The first-order valence-corrected chi connectivity index (χ1v) is 6.50. The number of nitrogens with one attached hydrogen (secondary N) is 1. The Morgan fingerprint density at radius 1 is 1.42 bits per heavy atom. The third-order valence-electron chi connectivity index (χ3n) is 2.89. The number of nitrogens with zero attached hydrogens (tertiary/aromatic N) is 2. The fourth-order valence-electron chi connectivity index (χ4n) is 1.85. The maximum atomic E-state index is 12.1. The van der Waals surface area contributed by atoms with E-state index in [1.165, 1.54) is 0 Å². The van der Waals surface area contributed by atoms with Gasteiger partial charge in [0.25, 0.3) is 5.91 Å². The molecule has 0 atom stereocenters. The van der Waals surface area contributed by atoms with Crippen molar-refractivity contribution in [1.29, 1.82) is 0 Å². The summed E-state index contributed by atoms with van der Waals surface area (Å²) in [6.07, 6.45) is 1.65. The number of aryl methyl sites for hydroxylation is 3. The highest BCUT2D eigenvalue weighted by molar-refractivity contribution is 6.34. The van der Waals surface area contributed by atoms with Crippen molar-refractivity contribution < 1.29 is 4.79 Å². The lowest BCUT2D eigenvalue weighted by molar-refractivity contribution is 0.102. The molecule has 0 spiro atoms. The molecule has 19 heavy (non-hydrogen) atoms. The fraction of sp³-hybridized carbons (Fsp3) is 0.286. The van der Waals surface area contributed by atoms with Crippen molar-refractivity contribution in [3.8, 4) is 0 Å². The van der Waals surface area contributed by atoms with Crippen molar-refractivity contribution in [2.24, 2.45) is 0 Å². The van der Waals surface area contributed by atoms with Gasteiger partial charge in [0.05, 0.1) is 5.02 Å². The van der Waals surface area contributed by atoms with E-state index in [-0.39, 0.29) is 11.6 Å². The first-order chi connectivity index (χ1) is 9.01. The standard InChI is InChI=1S/C14H16ClN3O/c1-4-18-8-11(15)13(17-18)14(19)16-12-6-5-9(2)7-10(12)3/h5-8H,4H2,1-3H3,(H,16,19). The first-order valence-electron chi connectivity index (χ1n) is 6.12. The molecule has 1 N–H and O–H groups in total. The average Bonchev–Trinajstić information content (AvgIpc) is 2.74. The van der Waals surface area contributed by atoms with Crippen LogP contribution >= 0.6 is 11.6 Å². The van der Waals surface area contributed by atoms with Gasteiger partial charge in [-0.2, -0.15) is 5.10 Å². The number of carbonyl (C=O) groups excluding carboxylic acids is 1. The molecule has 1 aromatic heterocycles. The van der Waals surface area contributed by atoms with Gasteiger partial charge in [-0.3, -0.25) is 9.48 Å². The molecule has 1 aromatic carbocycles. The van der Waals surface area contributed by atoms with Crippen molar-refractivity contribution in [3.63, 3.8) is 0 Å². The van der Waals surface area contributed by atoms with Crippen molar-refractivity contribution in [2.45, 2.75) is 27.3 Å². The zero-order chi connectivity index (χ0) is 14.0. The van der Waals surface area contributed by atoms with Gasteiger partial charge in [-0.15, -0.1) is 0 Å². The molecular weight excluding hydrogens is 262 g/mol. The maximum Gasteiger partial charge on any atom is 0.277 e. The fourth-order valence-corrected chi connectivity index (χ4v) is 2.08. The largest absolute Gasteiger partial charge is 0.320 e. The predicted octanol–water partition coefficient (Wildman–Crippen LogP) is 3.43. The lowest BCUT2D eigenvalue weighted by Gasteiger charge is -2.08. The third-order valence-corrected chi connectivity index (χ3v) is 3.16. The number of benzene rings is 1. The van der Waals surface area contributed by atoms with E-state index in [9.17, 15) is 4.79 Å². The molecule has 0 radical (unpaired) electrons. The van der Waals surface area contributed by atoms with Crippen LogP contribution in [0.4, 0.5) is 5.69 Å². The molecule has 0 aliphatic rings. The summed E-state index contributed by atoms with van der Waals surface area (Å²) in [7, 11) is 0. The summed E-state index contributed by atoms with van der Waals surface area (Å²) in [5.74, 6) is -0.288. The lowest BCUT2D eigenvalue weighted by atomic mass is 10.1. The zero-order valence-electron chi connectivity index (χ0n) is 11.2. The molecule has 0 unspecified atom stereocenters.